The van der Waals surface area contributed by atoms with Crippen molar-refractivity contribution in [3.8, 4) is 0 Å². The van der Waals surface area contributed by atoms with Gasteiger partial charge in [-0.15, -0.1) is 23.7 Å². The molecule has 1 amide bonds. The molecule has 0 bridgehead atoms. The number of benzene rings is 1. The number of amides is 1. The van der Waals surface area contributed by atoms with Crippen molar-refractivity contribution >= 4 is 35.3 Å². The molecule has 0 saturated carbocycles. The molecule has 1 aromatic carbocycles. The van der Waals surface area contributed by atoms with Gasteiger partial charge >= 0.3 is 0 Å². The molecule has 0 radical (unpaired) electrons. The maximum Gasteiger partial charge on any atom is 0.251 e. The zero-order valence-electron chi connectivity index (χ0n) is 11.9. The number of carbonyl (C=O) groups is 1. The van der Waals surface area contributed by atoms with Crippen LogP contribution in [-0.4, -0.2) is 12.5 Å². The van der Waals surface area contributed by atoms with Gasteiger partial charge in [0.15, 0.2) is 0 Å². The van der Waals surface area contributed by atoms with Gasteiger partial charge in [-0.1, -0.05) is 6.07 Å². The summed E-state index contributed by atoms with van der Waals surface area (Å²) in [5.74, 6) is 0.0263. The van der Waals surface area contributed by atoms with Crippen LogP contribution in [0.15, 0.2) is 29.6 Å². The molecule has 0 unspecified atom stereocenters. The Morgan fingerprint density at radius 1 is 1.38 bits per heavy atom. The second-order valence-corrected chi connectivity index (χ2v) is 6.07. The highest BCUT2D eigenvalue weighted by atomic mass is 35.5. The van der Waals surface area contributed by atoms with E-state index >= 15 is 0 Å². The molecule has 2 N–H and O–H groups in total. The molecular formula is C16H19ClN2OS. The lowest BCUT2D eigenvalue weighted by Gasteiger charge is -2.20. The van der Waals surface area contributed by atoms with E-state index in [4.69, 9.17) is 0 Å². The number of thiophene rings is 1. The van der Waals surface area contributed by atoms with Crippen molar-refractivity contribution in [2.45, 2.75) is 26.3 Å². The Bertz CT molecular complexity index is 639. The van der Waals surface area contributed by atoms with Crippen molar-refractivity contribution in [3.63, 3.8) is 0 Å². The van der Waals surface area contributed by atoms with Crippen LogP contribution in [0.2, 0.25) is 0 Å². The van der Waals surface area contributed by atoms with E-state index < -0.39 is 0 Å². The summed E-state index contributed by atoms with van der Waals surface area (Å²) in [6, 6.07) is 8.00. The largest absolute Gasteiger partial charge is 0.385 e. The molecule has 2 aromatic rings. The summed E-state index contributed by atoms with van der Waals surface area (Å²) in [5.41, 5.74) is 4.31. The van der Waals surface area contributed by atoms with Crippen molar-refractivity contribution < 1.29 is 4.79 Å². The Kier molecular flexibility index (Phi) is 5.26. The summed E-state index contributed by atoms with van der Waals surface area (Å²) >= 11 is 1.69. The fourth-order valence-electron chi connectivity index (χ4n) is 2.56. The van der Waals surface area contributed by atoms with E-state index in [0.29, 0.717) is 6.54 Å². The van der Waals surface area contributed by atoms with Gasteiger partial charge in [-0.25, -0.2) is 0 Å². The van der Waals surface area contributed by atoms with Gasteiger partial charge in [-0.05, 0) is 54.5 Å². The molecule has 1 aromatic heterocycles. The third kappa shape index (κ3) is 3.39. The zero-order chi connectivity index (χ0) is 13.9. The third-order valence-electron chi connectivity index (χ3n) is 3.72. The van der Waals surface area contributed by atoms with E-state index in [-0.39, 0.29) is 18.3 Å². The van der Waals surface area contributed by atoms with Crippen molar-refractivity contribution in [1.29, 1.82) is 0 Å². The molecule has 1 aliphatic heterocycles. The monoisotopic (exact) mass is 322 g/mol. The van der Waals surface area contributed by atoms with Crippen molar-refractivity contribution in [3.05, 3.63) is 51.2 Å². The smallest absolute Gasteiger partial charge is 0.251 e. The van der Waals surface area contributed by atoms with Crippen molar-refractivity contribution in [2.24, 2.45) is 0 Å². The predicted octanol–water partition coefficient (Wildman–Crippen LogP) is 3.77. The minimum Gasteiger partial charge on any atom is -0.385 e. The molecule has 0 fully saturated rings. The summed E-state index contributed by atoms with van der Waals surface area (Å²) in [4.78, 5) is 13.6. The second kappa shape index (κ2) is 6.96. The third-order valence-corrected chi connectivity index (χ3v) is 4.74. The molecule has 5 heteroatoms. The van der Waals surface area contributed by atoms with Gasteiger partial charge in [-0.3, -0.25) is 4.79 Å². The first kappa shape index (κ1) is 15.9. The van der Waals surface area contributed by atoms with Crippen molar-refractivity contribution in [1.82, 2.24) is 5.32 Å². The van der Waals surface area contributed by atoms with E-state index in [2.05, 4.69) is 35.1 Å². The minimum absolute atomic E-state index is 0. The lowest BCUT2D eigenvalue weighted by molar-refractivity contribution is 0.0950. The van der Waals surface area contributed by atoms with Crippen LogP contribution in [-0.2, 0) is 13.0 Å². The molecule has 3 rings (SSSR count). The number of aryl methyl sites for hydroxylation is 1. The van der Waals surface area contributed by atoms with Crippen LogP contribution in [0.1, 0.15) is 32.8 Å². The SMILES string of the molecule is Cc1ccsc1CNC(=O)c1cccc2c1CCCN2.Cl. The molecule has 2 heterocycles. The van der Waals surface area contributed by atoms with Gasteiger partial charge in [0, 0.05) is 22.7 Å². The Balaban J connectivity index is 0.00000161. The average molecular weight is 323 g/mol. The number of hydrogen-bond donors (Lipinski definition) is 2. The summed E-state index contributed by atoms with van der Waals surface area (Å²) in [6.45, 7) is 3.68. The van der Waals surface area contributed by atoms with E-state index in [9.17, 15) is 4.79 Å². The van der Waals surface area contributed by atoms with Crippen LogP contribution in [0.25, 0.3) is 0 Å². The average Bonchev–Trinajstić information content (AvgIpc) is 2.89. The van der Waals surface area contributed by atoms with Crippen LogP contribution < -0.4 is 10.6 Å². The Hall–Kier alpha value is -1.52. The predicted molar refractivity (Wildman–Crippen MR) is 90.7 cm³/mol. The Morgan fingerprint density at radius 3 is 3.00 bits per heavy atom. The number of carbonyl (C=O) groups excluding carboxylic acids is 1. The molecule has 21 heavy (non-hydrogen) atoms. The van der Waals surface area contributed by atoms with Gasteiger partial charge in [0.05, 0.1) is 6.54 Å². The van der Waals surface area contributed by atoms with Crippen LogP contribution in [0.3, 0.4) is 0 Å². The van der Waals surface area contributed by atoms with Gasteiger partial charge in [0.25, 0.3) is 5.91 Å². The molecule has 112 valence electrons. The molecule has 0 atom stereocenters. The molecule has 0 aliphatic carbocycles. The first-order valence-electron chi connectivity index (χ1n) is 6.92. The minimum atomic E-state index is 0. The van der Waals surface area contributed by atoms with Gasteiger partial charge < -0.3 is 10.6 Å². The standard InChI is InChI=1S/C16H18N2OS.ClH/c1-11-7-9-20-15(11)10-18-16(19)13-4-2-6-14-12(13)5-3-8-17-14;/h2,4,6-7,9,17H,3,5,8,10H2,1H3,(H,18,19);1H. The van der Waals surface area contributed by atoms with Crippen LogP contribution >= 0.6 is 23.7 Å². The lowest BCUT2D eigenvalue weighted by atomic mass is 9.97. The molecule has 0 saturated heterocycles. The van der Waals surface area contributed by atoms with Gasteiger partial charge in [0.2, 0.25) is 0 Å². The number of rotatable bonds is 3. The van der Waals surface area contributed by atoms with Crippen molar-refractivity contribution in [2.75, 3.05) is 11.9 Å². The highest BCUT2D eigenvalue weighted by Gasteiger charge is 2.17. The molecule has 1 aliphatic rings. The zero-order valence-corrected chi connectivity index (χ0v) is 13.6. The first-order valence-corrected chi connectivity index (χ1v) is 7.80. The lowest BCUT2D eigenvalue weighted by Crippen LogP contribution is -2.25. The molecular weight excluding hydrogens is 304 g/mol. The fourth-order valence-corrected chi connectivity index (χ4v) is 3.41. The van der Waals surface area contributed by atoms with Crippen LogP contribution in [0.4, 0.5) is 5.69 Å². The van der Waals surface area contributed by atoms with Crippen LogP contribution in [0.5, 0.6) is 0 Å². The molecule has 3 nitrogen and oxygen atoms in total. The number of fused-ring (bicyclic) bond motifs is 1. The summed E-state index contributed by atoms with van der Waals surface area (Å²) in [6.07, 6.45) is 2.06. The topological polar surface area (TPSA) is 41.1 Å². The quantitative estimate of drug-likeness (QED) is 0.903. The van der Waals surface area contributed by atoms with E-state index in [1.54, 1.807) is 11.3 Å². The number of halogens is 1. The van der Waals surface area contributed by atoms with E-state index in [1.165, 1.54) is 10.4 Å². The Morgan fingerprint density at radius 2 is 2.24 bits per heavy atom. The highest BCUT2D eigenvalue weighted by Crippen LogP contribution is 2.25. The number of nitrogens with one attached hydrogen (secondary N) is 2. The van der Waals surface area contributed by atoms with Gasteiger partial charge in [0.1, 0.15) is 0 Å². The number of hydrogen-bond acceptors (Lipinski definition) is 3. The highest BCUT2D eigenvalue weighted by molar-refractivity contribution is 7.10. The van der Waals surface area contributed by atoms with E-state index in [0.717, 1.165) is 36.2 Å². The Labute approximate surface area is 135 Å². The normalized spacial score (nSPS) is 12.8. The van der Waals surface area contributed by atoms with Gasteiger partial charge in [-0.2, -0.15) is 0 Å². The summed E-state index contributed by atoms with van der Waals surface area (Å²) in [5, 5.41) is 8.46. The summed E-state index contributed by atoms with van der Waals surface area (Å²) < 4.78 is 0. The second-order valence-electron chi connectivity index (χ2n) is 5.07. The maximum absolute atomic E-state index is 12.4. The molecule has 0 spiro atoms. The van der Waals surface area contributed by atoms with Crippen LogP contribution in [0, 0.1) is 6.92 Å². The number of anilines is 1. The maximum atomic E-state index is 12.4. The summed E-state index contributed by atoms with van der Waals surface area (Å²) in [7, 11) is 0. The first-order chi connectivity index (χ1) is 9.75. The fraction of sp³-hybridized carbons (Fsp3) is 0.312. The van der Waals surface area contributed by atoms with E-state index in [1.807, 2.05) is 12.1 Å².